The Morgan fingerprint density at radius 3 is 2.58 bits per heavy atom. The van der Waals surface area contributed by atoms with Crippen LogP contribution in [-0.2, 0) is 0 Å². The molecule has 0 aliphatic carbocycles. The lowest BCUT2D eigenvalue weighted by molar-refractivity contribution is 0.415. The number of hydrogen-bond acceptors (Lipinski definition) is 2. The Labute approximate surface area is 126 Å². The molecule has 4 heteroatoms. The minimum Gasteiger partial charge on any atom is -0.495 e. The number of benzene rings is 2. The lowest BCUT2D eigenvalue weighted by Gasteiger charge is -2.17. The van der Waals surface area contributed by atoms with Crippen LogP contribution in [0.4, 0.5) is 5.69 Å². The molecule has 100 valence electrons. The van der Waals surface area contributed by atoms with Gasteiger partial charge in [0.05, 0.1) is 12.1 Å². The summed E-state index contributed by atoms with van der Waals surface area (Å²) >= 11 is 9.68. The van der Waals surface area contributed by atoms with E-state index in [1.54, 1.807) is 7.11 Å². The molecule has 0 aromatic heterocycles. The van der Waals surface area contributed by atoms with Crippen molar-refractivity contribution in [1.82, 2.24) is 0 Å². The predicted molar refractivity (Wildman–Crippen MR) is 84.2 cm³/mol. The van der Waals surface area contributed by atoms with Crippen molar-refractivity contribution in [3.63, 3.8) is 0 Å². The first-order chi connectivity index (χ1) is 9.11. The molecule has 19 heavy (non-hydrogen) atoms. The van der Waals surface area contributed by atoms with E-state index in [0.717, 1.165) is 10.2 Å². The zero-order valence-corrected chi connectivity index (χ0v) is 13.1. The average Bonchev–Trinajstić information content (AvgIpc) is 2.39. The van der Waals surface area contributed by atoms with Gasteiger partial charge in [0, 0.05) is 16.2 Å². The molecule has 0 fully saturated rings. The normalized spacial score (nSPS) is 12.0. The van der Waals surface area contributed by atoms with E-state index in [0.29, 0.717) is 10.8 Å². The largest absolute Gasteiger partial charge is 0.495 e. The Morgan fingerprint density at radius 2 is 1.95 bits per heavy atom. The highest BCUT2D eigenvalue weighted by molar-refractivity contribution is 9.10. The molecule has 0 heterocycles. The third-order valence-electron chi connectivity index (χ3n) is 2.91. The standard InChI is InChI=1S/C15H15BrClNO/c1-10(12-5-3-4-6-13(12)16)18-11-7-8-15(19-2)14(17)9-11/h3-10,18H,1-2H3. The SMILES string of the molecule is COc1ccc(NC(C)c2ccccc2Br)cc1Cl. The smallest absolute Gasteiger partial charge is 0.137 e. The van der Waals surface area contributed by atoms with Crippen molar-refractivity contribution in [2.45, 2.75) is 13.0 Å². The Hall–Kier alpha value is -1.19. The van der Waals surface area contributed by atoms with Crippen molar-refractivity contribution in [3.05, 3.63) is 57.5 Å². The Bertz CT molecular complexity index is 574. The predicted octanol–water partition coefficient (Wildman–Crippen LogP) is 5.28. The van der Waals surface area contributed by atoms with Gasteiger partial charge in [-0.15, -0.1) is 0 Å². The molecular formula is C15H15BrClNO. The number of ether oxygens (including phenoxy) is 1. The summed E-state index contributed by atoms with van der Waals surface area (Å²) in [7, 11) is 1.61. The number of anilines is 1. The maximum Gasteiger partial charge on any atom is 0.137 e. The molecule has 2 aromatic rings. The van der Waals surface area contributed by atoms with E-state index in [1.807, 2.05) is 36.4 Å². The summed E-state index contributed by atoms with van der Waals surface area (Å²) in [5.74, 6) is 0.681. The van der Waals surface area contributed by atoms with Crippen molar-refractivity contribution >= 4 is 33.2 Å². The quantitative estimate of drug-likeness (QED) is 0.817. The molecule has 2 nitrogen and oxygen atoms in total. The first-order valence-corrected chi connectivity index (χ1v) is 7.13. The minimum atomic E-state index is 0.181. The van der Waals surface area contributed by atoms with E-state index in [-0.39, 0.29) is 6.04 Å². The topological polar surface area (TPSA) is 21.3 Å². The van der Waals surface area contributed by atoms with Crippen LogP contribution in [-0.4, -0.2) is 7.11 Å². The highest BCUT2D eigenvalue weighted by Gasteiger charge is 2.09. The third kappa shape index (κ3) is 3.43. The molecule has 1 N–H and O–H groups in total. The van der Waals surface area contributed by atoms with Gasteiger partial charge in [0.2, 0.25) is 0 Å². The number of halogens is 2. The summed E-state index contributed by atoms with van der Waals surface area (Å²) in [6, 6.07) is 14.0. The van der Waals surface area contributed by atoms with Crippen molar-refractivity contribution in [1.29, 1.82) is 0 Å². The van der Waals surface area contributed by atoms with Gasteiger partial charge < -0.3 is 10.1 Å². The summed E-state index contributed by atoms with van der Waals surface area (Å²) in [6.07, 6.45) is 0. The minimum absolute atomic E-state index is 0.181. The van der Waals surface area contributed by atoms with Gasteiger partial charge in [0.1, 0.15) is 5.75 Å². The molecule has 0 saturated heterocycles. The van der Waals surface area contributed by atoms with E-state index in [1.165, 1.54) is 5.56 Å². The van der Waals surface area contributed by atoms with E-state index in [2.05, 4.69) is 34.2 Å². The summed E-state index contributed by atoms with van der Waals surface area (Å²) in [6.45, 7) is 2.11. The highest BCUT2D eigenvalue weighted by Crippen LogP contribution is 2.30. The molecular weight excluding hydrogens is 326 g/mol. The molecule has 2 rings (SSSR count). The average molecular weight is 341 g/mol. The maximum atomic E-state index is 6.12. The Balaban J connectivity index is 2.17. The third-order valence-corrected chi connectivity index (χ3v) is 3.92. The van der Waals surface area contributed by atoms with Crippen LogP contribution in [0.5, 0.6) is 5.75 Å². The van der Waals surface area contributed by atoms with Crippen molar-refractivity contribution in [3.8, 4) is 5.75 Å². The molecule has 1 unspecified atom stereocenters. The zero-order valence-electron chi connectivity index (χ0n) is 10.8. The molecule has 1 atom stereocenters. The summed E-state index contributed by atoms with van der Waals surface area (Å²) in [5.41, 5.74) is 2.17. The van der Waals surface area contributed by atoms with Crippen LogP contribution < -0.4 is 10.1 Å². The monoisotopic (exact) mass is 339 g/mol. The van der Waals surface area contributed by atoms with Crippen LogP contribution in [0.15, 0.2) is 46.9 Å². The van der Waals surface area contributed by atoms with E-state index in [9.17, 15) is 0 Å². The lowest BCUT2D eigenvalue weighted by atomic mass is 10.1. The van der Waals surface area contributed by atoms with Gasteiger partial charge in [-0.3, -0.25) is 0 Å². The summed E-state index contributed by atoms with van der Waals surface area (Å²) in [5, 5.41) is 4.02. The second kappa shape index (κ2) is 6.31. The van der Waals surface area contributed by atoms with E-state index in [4.69, 9.17) is 16.3 Å². The van der Waals surface area contributed by atoms with Crippen molar-refractivity contribution in [2.75, 3.05) is 12.4 Å². The molecule has 0 bridgehead atoms. The van der Waals surface area contributed by atoms with Crippen LogP contribution in [0.25, 0.3) is 0 Å². The van der Waals surface area contributed by atoms with Gasteiger partial charge in [-0.05, 0) is 36.8 Å². The number of methoxy groups -OCH3 is 1. The van der Waals surface area contributed by atoms with Gasteiger partial charge in [0.15, 0.2) is 0 Å². The fourth-order valence-corrected chi connectivity index (χ4v) is 2.80. The molecule has 0 amide bonds. The van der Waals surface area contributed by atoms with Gasteiger partial charge in [-0.25, -0.2) is 0 Å². The maximum absolute atomic E-state index is 6.12. The zero-order chi connectivity index (χ0) is 13.8. The number of nitrogens with one attached hydrogen (secondary N) is 1. The second-order valence-electron chi connectivity index (χ2n) is 4.24. The van der Waals surface area contributed by atoms with Crippen LogP contribution >= 0.6 is 27.5 Å². The van der Waals surface area contributed by atoms with Crippen molar-refractivity contribution < 1.29 is 4.74 Å². The van der Waals surface area contributed by atoms with Gasteiger partial charge >= 0.3 is 0 Å². The first kappa shape index (κ1) is 14.2. The fraction of sp³-hybridized carbons (Fsp3) is 0.200. The highest BCUT2D eigenvalue weighted by atomic mass is 79.9. The van der Waals surface area contributed by atoms with Gasteiger partial charge in [-0.1, -0.05) is 45.7 Å². The molecule has 0 aliphatic heterocycles. The van der Waals surface area contributed by atoms with Crippen molar-refractivity contribution in [2.24, 2.45) is 0 Å². The Kier molecular flexibility index (Phi) is 4.72. The second-order valence-corrected chi connectivity index (χ2v) is 5.50. The van der Waals surface area contributed by atoms with Crippen LogP contribution in [0.1, 0.15) is 18.5 Å². The lowest BCUT2D eigenvalue weighted by Crippen LogP contribution is -2.07. The molecule has 0 spiro atoms. The Morgan fingerprint density at radius 1 is 1.21 bits per heavy atom. The number of hydrogen-bond donors (Lipinski definition) is 1. The molecule has 2 aromatic carbocycles. The van der Waals surface area contributed by atoms with Gasteiger partial charge in [-0.2, -0.15) is 0 Å². The van der Waals surface area contributed by atoms with E-state index < -0.39 is 0 Å². The van der Waals surface area contributed by atoms with E-state index >= 15 is 0 Å². The van der Waals surface area contributed by atoms with Crippen LogP contribution in [0.3, 0.4) is 0 Å². The fourth-order valence-electron chi connectivity index (χ4n) is 1.91. The molecule has 0 saturated carbocycles. The van der Waals surface area contributed by atoms with Crippen LogP contribution in [0, 0.1) is 0 Å². The van der Waals surface area contributed by atoms with Crippen LogP contribution in [0.2, 0.25) is 5.02 Å². The molecule has 0 aliphatic rings. The number of rotatable bonds is 4. The summed E-state index contributed by atoms with van der Waals surface area (Å²) in [4.78, 5) is 0. The summed E-state index contributed by atoms with van der Waals surface area (Å²) < 4.78 is 6.23. The first-order valence-electron chi connectivity index (χ1n) is 5.96. The molecule has 0 radical (unpaired) electrons. The van der Waals surface area contributed by atoms with Gasteiger partial charge in [0.25, 0.3) is 0 Å².